The zero-order valence-electron chi connectivity index (χ0n) is 19.0. The van der Waals surface area contributed by atoms with E-state index in [1.54, 1.807) is 0 Å². The molecule has 4 atom stereocenters. The summed E-state index contributed by atoms with van der Waals surface area (Å²) in [7, 11) is -4.13. The molecule has 1 heterocycles. The van der Waals surface area contributed by atoms with E-state index < -0.39 is 74.1 Å². The number of esters is 1. The van der Waals surface area contributed by atoms with E-state index in [9.17, 15) is 41.4 Å². The van der Waals surface area contributed by atoms with E-state index in [1.165, 1.54) is 12.1 Å². The Kier molecular flexibility index (Phi) is 6.29. The first kappa shape index (κ1) is 26.0. The first-order valence-electron chi connectivity index (χ1n) is 11.4. The molecule has 1 spiro atoms. The molecule has 2 saturated carbocycles. The summed E-state index contributed by atoms with van der Waals surface area (Å²) in [6.45, 7) is 0. The highest BCUT2D eigenvalue weighted by atomic mass is 35.5. The number of aliphatic hydroxyl groups is 2. The third-order valence-corrected chi connectivity index (χ3v) is 10.4. The maximum Gasteiger partial charge on any atom is 0.338 e. The first-order valence-corrected chi connectivity index (χ1v) is 13.3. The molecule has 1 saturated heterocycles. The zero-order chi connectivity index (χ0) is 26.9. The van der Waals surface area contributed by atoms with E-state index >= 15 is 0 Å². The monoisotopic (exact) mass is 559 g/mol. The predicted molar refractivity (Wildman–Crippen MR) is 123 cm³/mol. The average molecular weight is 560 g/mol. The molecule has 198 valence electrons. The van der Waals surface area contributed by atoms with Crippen LogP contribution >= 0.6 is 11.6 Å². The Labute approximate surface area is 214 Å². The van der Waals surface area contributed by atoms with Crippen molar-refractivity contribution in [1.29, 1.82) is 0 Å². The van der Waals surface area contributed by atoms with Crippen LogP contribution in [0.3, 0.4) is 0 Å². The van der Waals surface area contributed by atoms with Gasteiger partial charge in [-0.2, -0.15) is 0 Å². The second-order valence-electron chi connectivity index (χ2n) is 9.74. The van der Waals surface area contributed by atoms with Gasteiger partial charge >= 0.3 is 5.97 Å². The summed E-state index contributed by atoms with van der Waals surface area (Å²) < 4.78 is 73.1. The number of hydrogen-bond acceptors (Lipinski definition) is 7. The minimum Gasteiger partial charge on any atom is -0.454 e. The molecule has 0 radical (unpaired) electrons. The van der Waals surface area contributed by atoms with Crippen molar-refractivity contribution in [2.45, 2.75) is 53.6 Å². The number of hydrogen-bond donors (Lipinski definition) is 3. The van der Waals surface area contributed by atoms with Gasteiger partial charge in [-0.15, -0.1) is 0 Å². The standard InChI is InChI=1S/C24H21ClF3NO7S/c25-14-4-3-10(22(32)29-13-6-15(26)18(28)16(27)7-13)5-17(14)37(34,35)20-11-1-2-12(20)9-24(8-11)21(31)19(30)23(33)36-24/h3-7,11-12,19-21,30-31H,1-2,8-9H2,(H,29,32)/t11?,12?,19-,20?,21-,24?/m0/s1. The molecule has 2 unspecified atom stereocenters. The molecule has 3 aliphatic rings. The molecule has 5 rings (SSSR count). The van der Waals surface area contributed by atoms with E-state index in [0.29, 0.717) is 25.0 Å². The van der Waals surface area contributed by atoms with Crippen molar-refractivity contribution < 1.29 is 46.1 Å². The first-order chi connectivity index (χ1) is 17.3. The van der Waals surface area contributed by atoms with E-state index in [1.807, 2.05) is 0 Å². The fraction of sp³-hybridized carbons (Fsp3) is 0.417. The van der Waals surface area contributed by atoms with Crippen molar-refractivity contribution in [2.75, 3.05) is 5.32 Å². The molecule has 3 N–H and O–H groups in total. The van der Waals surface area contributed by atoms with E-state index in [2.05, 4.69) is 5.32 Å². The van der Waals surface area contributed by atoms with Gasteiger partial charge in [0.2, 0.25) is 0 Å². The van der Waals surface area contributed by atoms with Crippen molar-refractivity contribution in [3.05, 3.63) is 58.4 Å². The molecule has 8 nitrogen and oxygen atoms in total. The van der Waals surface area contributed by atoms with Crippen LogP contribution in [-0.2, 0) is 19.4 Å². The number of fused-ring (bicyclic) bond motifs is 2. The number of nitrogens with one attached hydrogen (secondary N) is 1. The normalized spacial score (nSPS) is 31.0. The minimum absolute atomic E-state index is 0.0385. The molecule has 1 aliphatic heterocycles. The summed E-state index contributed by atoms with van der Waals surface area (Å²) in [4.78, 5) is 24.2. The summed E-state index contributed by atoms with van der Waals surface area (Å²) in [6, 6.07) is 4.66. The topological polar surface area (TPSA) is 130 Å². The Morgan fingerprint density at radius 2 is 1.65 bits per heavy atom. The van der Waals surface area contributed by atoms with Gasteiger partial charge in [-0.25, -0.2) is 26.4 Å². The van der Waals surface area contributed by atoms with Crippen molar-refractivity contribution in [3.8, 4) is 0 Å². The van der Waals surface area contributed by atoms with Crippen LogP contribution in [-0.4, -0.2) is 53.6 Å². The van der Waals surface area contributed by atoms with Crippen molar-refractivity contribution in [3.63, 3.8) is 0 Å². The number of benzene rings is 2. The lowest BCUT2D eigenvalue weighted by Gasteiger charge is -2.42. The molecular weight excluding hydrogens is 539 g/mol. The van der Waals surface area contributed by atoms with Gasteiger partial charge < -0.3 is 20.3 Å². The predicted octanol–water partition coefficient (Wildman–Crippen LogP) is 2.99. The van der Waals surface area contributed by atoms with Gasteiger partial charge in [-0.1, -0.05) is 11.6 Å². The fourth-order valence-corrected chi connectivity index (χ4v) is 8.80. The van der Waals surface area contributed by atoms with Crippen molar-refractivity contribution in [2.24, 2.45) is 11.8 Å². The van der Waals surface area contributed by atoms with Gasteiger partial charge in [0.1, 0.15) is 11.7 Å². The Hall–Kier alpha value is -2.67. The number of carbonyl (C=O) groups is 2. The summed E-state index contributed by atoms with van der Waals surface area (Å²) >= 11 is 6.23. The number of halogens is 4. The largest absolute Gasteiger partial charge is 0.454 e. The van der Waals surface area contributed by atoms with Gasteiger partial charge in [0, 0.05) is 23.4 Å². The van der Waals surface area contributed by atoms with Crippen LogP contribution in [0.15, 0.2) is 35.2 Å². The lowest BCUT2D eigenvalue weighted by Crippen LogP contribution is -2.52. The Bertz CT molecular complexity index is 1380. The van der Waals surface area contributed by atoms with Gasteiger partial charge in [-0.3, -0.25) is 4.79 Å². The Balaban J connectivity index is 1.42. The third kappa shape index (κ3) is 4.19. The van der Waals surface area contributed by atoms with Crippen LogP contribution < -0.4 is 5.32 Å². The molecule has 2 aromatic carbocycles. The number of amides is 1. The summed E-state index contributed by atoms with van der Waals surface area (Å²) in [5, 5.41) is 21.5. The number of carbonyl (C=O) groups excluding carboxylic acids is 2. The second kappa shape index (κ2) is 8.97. The number of aliphatic hydroxyl groups excluding tert-OH is 2. The second-order valence-corrected chi connectivity index (χ2v) is 12.2. The minimum atomic E-state index is -4.13. The van der Waals surface area contributed by atoms with Crippen LogP contribution in [0.4, 0.5) is 18.9 Å². The maximum atomic E-state index is 13.8. The molecule has 0 aromatic heterocycles. The zero-order valence-corrected chi connectivity index (χ0v) is 20.5. The Morgan fingerprint density at radius 3 is 2.19 bits per heavy atom. The third-order valence-electron chi connectivity index (χ3n) is 7.54. The van der Waals surface area contributed by atoms with Crippen LogP contribution in [0.2, 0.25) is 5.02 Å². The molecule has 37 heavy (non-hydrogen) atoms. The smallest absolute Gasteiger partial charge is 0.338 e. The van der Waals surface area contributed by atoms with E-state index in [0.717, 1.165) is 6.07 Å². The van der Waals surface area contributed by atoms with Crippen LogP contribution in [0, 0.1) is 29.3 Å². The summed E-state index contributed by atoms with van der Waals surface area (Å²) in [6.07, 6.45) is -2.12. The highest BCUT2D eigenvalue weighted by Gasteiger charge is 2.63. The lowest BCUT2D eigenvalue weighted by atomic mass is 9.74. The molecule has 2 bridgehead atoms. The highest BCUT2D eigenvalue weighted by Crippen LogP contribution is 2.55. The molecule has 1 amide bonds. The van der Waals surface area contributed by atoms with Gasteiger partial charge in [-0.05, 0) is 55.7 Å². The van der Waals surface area contributed by atoms with E-state index in [-0.39, 0.29) is 34.0 Å². The summed E-state index contributed by atoms with van der Waals surface area (Å²) in [5.41, 5.74) is -1.90. The van der Waals surface area contributed by atoms with Crippen LogP contribution in [0.5, 0.6) is 0 Å². The van der Waals surface area contributed by atoms with E-state index in [4.69, 9.17) is 16.3 Å². The molecule has 3 fully saturated rings. The SMILES string of the molecule is O=C(Nc1cc(F)c(F)c(F)c1)c1ccc(Cl)c(S(=O)(=O)C2C3CCC2CC2(C3)OC(=O)[C@@H](O)[C@@H]2O)c1. The number of sulfone groups is 1. The quantitative estimate of drug-likeness (QED) is 0.388. The molecular formula is C24H21ClF3NO7S. The Morgan fingerprint density at radius 1 is 1.05 bits per heavy atom. The van der Waals surface area contributed by atoms with Crippen LogP contribution in [0.1, 0.15) is 36.0 Å². The van der Waals surface area contributed by atoms with Crippen molar-refractivity contribution in [1.82, 2.24) is 0 Å². The molecule has 2 aromatic rings. The van der Waals surface area contributed by atoms with Gasteiger partial charge in [0.25, 0.3) is 5.91 Å². The van der Waals surface area contributed by atoms with Gasteiger partial charge in [0.05, 0.1) is 15.2 Å². The fourth-order valence-electron chi connectivity index (χ4n) is 5.96. The highest BCUT2D eigenvalue weighted by molar-refractivity contribution is 7.92. The van der Waals surface area contributed by atoms with Crippen molar-refractivity contribution >= 4 is 39.0 Å². The lowest BCUT2D eigenvalue weighted by molar-refractivity contribution is -0.158. The van der Waals surface area contributed by atoms with Gasteiger partial charge in [0.15, 0.2) is 33.4 Å². The maximum absolute atomic E-state index is 13.8. The number of rotatable bonds is 4. The number of anilines is 1. The molecule has 2 aliphatic carbocycles. The molecule has 13 heteroatoms. The van der Waals surface area contributed by atoms with Crippen LogP contribution in [0.25, 0.3) is 0 Å². The number of ether oxygens (including phenoxy) is 1. The average Bonchev–Trinajstić information content (AvgIpc) is 3.23. The summed E-state index contributed by atoms with van der Waals surface area (Å²) in [5.74, 6) is -7.58.